The van der Waals surface area contributed by atoms with Crippen molar-refractivity contribution in [2.75, 3.05) is 4.72 Å². The maximum Gasteiger partial charge on any atom is 0.263 e. The zero-order valence-electron chi connectivity index (χ0n) is 15.3. The number of amides is 1. The molecule has 1 atom stereocenters. The molecule has 0 saturated heterocycles. The van der Waals surface area contributed by atoms with Gasteiger partial charge in [0.05, 0.1) is 10.7 Å². The normalized spacial score (nSPS) is 12.5. The molecule has 2 rings (SSSR count). The summed E-state index contributed by atoms with van der Waals surface area (Å²) in [6.07, 6.45) is 0.776. The van der Waals surface area contributed by atoms with Gasteiger partial charge < -0.3 is 5.32 Å². The van der Waals surface area contributed by atoms with Crippen molar-refractivity contribution < 1.29 is 13.2 Å². The number of hydrogen-bond acceptors (Lipinski definition) is 3. The largest absolute Gasteiger partial charge is 0.350 e. The van der Waals surface area contributed by atoms with E-state index >= 15 is 0 Å². The van der Waals surface area contributed by atoms with Crippen molar-refractivity contribution in [3.05, 3.63) is 58.1 Å². The van der Waals surface area contributed by atoms with E-state index in [1.807, 2.05) is 33.8 Å². The lowest BCUT2D eigenvalue weighted by molar-refractivity contribution is 0.0939. The van der Waals surface area contributed by atoms with E-state index in [0.717, 1.165) is 17.5 Å². The summed E-state index contributed by atoms with van der Waals surface area (Å²) in [5, 5.41) is 2.87. The van der Waals surface area contributed by atoms with Crippen LogP contribution >= 0.6 is 11.6 Å². The van der Waals surface area contributed by atoms with Crippen molar-refractivity contribution in [3.8, 4) is 0 Å². The summed E-state index contributed by atoms with van der Waals surface area (Å²) in [7, 11) is -3.94. The molecule has 5 nitrogen and oxygen atoms in total. The highest BCUT2D eigenvalue weighted by Gasteiger charge is 2.21. The van der Waals surface area contributed by atoms with E-state index in [9.17, 15) is 13.2 Å². The zero-order valence-corrected chi connectivity index (χ0v) is 16.8. The molecule has 0 saturated carbocycles. The Morgan fingerprint density at radius 1 is 1.19 bits per heavy atom. The molecule has 2 aromatic carbocycles. The molecule has 0 heterocycles. The number of sulfonamides is 1. The summed E-state index contributed by atoms with van der Waals surface area (Å²) in [5.74, 6) is -0.334. The molecule has 0 unspecified atom stereocenters. The van der Waals surface area contributed by atoms with E-state index in [0.29, 0.717) is 5.69 Å². The first-order valence-electron chi connectivity index (χ1n) is 8.35. The molecule has 0 spiro atoms. The van der Waals surface area contributed by atoms with Crippen LogP contribution in [-0.2, 0) is 10.0 Å². The van der Waals surface area contributed by atoms with Gasteiger partial charge in [0, 0.05) is 11.6 Å². The van der Waals surface area contributed by atoms with Gasteiger partial charge in [-0.15, -0.1) is 0 Å². The van der Waals surface area contributed by atoms with Crippen molar-refractivity contribution in [2.45, 2.75) is 45.1 Å². The highest BCUT2D eigenvalue weighted by atomic mass is 35.5. The number of anilines is 1. The van der Waals surface area contributed by atoms with Crippen molar-refractivity contribution in [1.82, 2.24) is 5.32 Å². The minimum atomic E-state index is -3.94. The molecule has 0 aliphatic rings. The van der Waals surface area contributed by atoms with Gasteiger partial charge in [0.1, 0.15) is 4.90 Å². The first-order chi connectivity index (χ1) is 12.2. The molecule has 7 heteroatoms. The number of benzene rings is 2. The van der Waals surface area contributed by atoms with E-state index in [1.54, 1.807) is 12.1 Å². The number of nitrogens with one attached hydrogen (secondary N) is 2. The maximum absolute atomic E-state index is 12.8. The molecule has 0 aliphatic heterocycles. The van der Waals surface area contributed by atoms with E-state index in [1.165, 1.54) is 18.2 Å². The van der Waals surface area contributed by atoms with E-state index in [-0.39, 0.29) is 27.4 Å². The molecule has 2 aromatic rings. The minimum Gasteiger partial charge on any atom is -0.350 e. The number of halogens is 1. The lowest BCUT2D eigenvalue weighted by atomic mass is 10.1. The van der Waals surface area contributed by atoms with Gasteiger partial charge in [-0.1, -0.05) is 30.7 Å². The van der Waals surface area contributed by atoms with E-state index < -0.39 is 10.0 Å². The Bertz CT molecular complexity index is 926. The zero-order chi connectivity index (χ0) is 19.5. The Morgan fingerprint density at radius 3 is 2.54 bits per heavy atom. The predicted octanol–water partition coefficient (Wildman–Crippen LogP) is 4.29. The van der Waals surface area contributed by atoms with Crippen LogP contribution in [0.15, 0.2) is 41.3 Å². The van der Waals surface area contributed by atoms with Crippen LogP contribution in [0.2, 0.25) is 5.02 Å². The van der Waals surface area contributed by atoms with Crippen LogP contribution in [-0.4, -0.2) is 20.4 Å². The Morgan fingerprint density at radius 2 is 1.88 bits per heavy atom. The summed E-state index contributed by atoms with van der Waals surface area (Å²) >= 11 is 6.10. The van der Waals surface area contributed by atoms with Gasteiger partial charge in [-0.2, -0.15) is 0 Å². The average Bonchev–Trinajstić information content (AvgIpc) is 2.58. The molecule has 0 fully saturated rings. The van der Waals surface area contributed by atoms with Crippen LogP contribution in [0.1, 0.15) is 41.8 Å². The van der Waals surface area contributed by atoms with E-state index in [2.05, 4.69) is 10.0 Å². The summed E-state index contributed by atoms with van der Waals surface area (Å²) in [6, 6.07) is 9.59. The third-order valence-corrected chi connectivity index (χ3v) is 6.17. The van der Waals surface area contributed by atoms with Crippen molar-refractivity contribution in [2.24, 2.45) is 0 Å². The fraction of sp³-hybridized carbons (Fsp3) is 0.316. The maximum atomic E-state index is 12.8. The SMILES string of the molecule is CC[C@H](C)NC(=O)c1ccc(Cl)c(S(=O)(=O)Nc2cccc(C)c2C)c1. The number of rotatable bonds is 6. The van der Waals surface area contributed by atoms with Crippen molar-refractivity contribution in [3.63, 3.8) is 0 Å². The van der Waals surface area contributed by atoms with Crippen LogP contribution < -0.4 is 10.0 Å². The average molecular weight is 395 g/mol. The summed E-state index contributed by atoms with van der Waals surface area (Å²) in [5.41, 5.74) is 2.53. The number of carbonyl (C=O) groups excluding carboxylic acids is 1. The van der Waals surface area contributed by atoms with Gasteiger partial charge in [0.25, 0.3) is 15.9 Å². The lowest BCUT2D eigenvalue weighted by Crippen LogP contribution is -2.32. The molecule has 0 radical (unpaired) electrons. The number of carbonyl (C=O) groups is 1. The highest BCUT2D eigenvalue weighted by Crippen LogP contribution is 2.27. The van der Waals surface area contributed by atoms with E-state index in [4.69, 9.17) is 11.6 Å². The van der Waals surface area contributed by atoms with Crippen molar-refractivity contribution >= 4 is 33.2 Å². The Hall–Kier alpha value is -2.05. The lowest BCUT2D eigenvalue weighted by Gasteiger charge is -2.15. The summed E-state index contributed by atoms with van der Waals surface area (Å²) < 4.78 is 28.2. The first kappa shape index (κ1) is 20.3. The van der Waals surface area contributed by atoms with Gasteiger partial charge in [-0.25, -0.2) is 8.42 Å². The highest BCUT2D eigenvalue weighted by molar-refractivity contribution is 7.92. The molecular formula is C19H23ClN2O3S. The van der Waals surface area contributed by atoms with Gasteiger partial charge in [0.2, 0.25) is 0 Å². The van der Waals surface area contributed by atoms with Gasteiger partial charge in [0.15, 0.2) is 0 Å². The van der Waals surface area contributed by atoms with Crippen LogP contribution in [0.3, 0.4) is 0 Å². The third-order valence-electron chi connectivity index (χ3n) is 4.32. The third kappa shape index (κ3) is 4.56. The fourth-order valence-corrected chi connectivity index (χ4v) is 3.97. The van der Waals surface area contributed by atoms with Crippen LogP contribution in [0, 0.1) is 13.8 Å². The van der Waals surface area contributed by atoms with Crippen LogP contribution in [0.5, 0.6) is 0 Å². The molecule has 26 heavy (non-hydrogen) atoms. The van der Waals surface area contributed by atoms with Gasteiger partial charge in [-0.3, -0.25) is 9.52 Å². The molecule has 140 valence electrons. The molecular weight excluding hydrogens is 372 g/mol. The smallest absolute Gasteiger partial charge is 0.263 e. The van der Waals surface area contributed by atoms with Crippen molar-refractivity contribution in [1.29, 1.82) is 0 Å². The quantitative estimate of drug-likeness (QED) is 0.767. The molecule has 0 bridgehead atoms. The summed E-state index contributed by atoms with van der Waals surface area (Å²) in [6.45, 7) is 7.58. The van der Waals surface area contributed by atoms with Crippen LogP contribution in [0.25, 0.3) is 0 Å². The Kier molecular flexibility index (Phi) is 6.31. The Labute approximate surface area is 159 Å². The second kappa shape index (κ2) is 8.10. The first-order valence-corrected chi connectivity index (χ1v) is 10.2. The number of hydrogen-bond donors (Lipinski definition) is 2. The fourth-order valence-electron chi connectivity index (χ4n) is 2.32. The molecule has 2 N–H and O–H groups in total. The monoisotopic (exact) mass is 394 g/mol. The Balaban J connectivity index is 2.38. The molecule has 0 aromatic heterocycles. The van der Waals surface area contributed by atoms with Crippen LogP contribution in [0.4, 0.5) is 5.69 Å². The topological polar surface area (TPSA) is 75.3 Å². The second-order valence-corrected chi connectivity index (χ2v) is 8.34. The minimum absolute atomic E-state index is 0.00805. The second-order valence-electron chi connectivity index (χ2n) is 6.28. The predicted molar refractivity (Wildman–Crippen MR) is 105 cm³/mol. The van der Waals surface area contributed by atoms with Gasteiger partial charge >= 0.3 is 0 Å². The molecule has 0 aliphatic carbocycles. The number of aryl methyl sites for hydroxylation is 1. The standard InChI is InChI=1S/C19H23ClN2O3S/c1-5-13(3)21-19(23)15-9-10-16(20)18(11-15)26(24,25)22-17-8-6-7-12(2)14(17)4/h6-11,13,22H,5H2,1-4H3,(H,21,23)/t13-/m0/s1. The molecule has 1 amide bonds. The van der Waals surface area contributed by atoms with Gasteiger partial charge in [-0.05, 0) is 62.6 Å². The summed E-state index contributed by atoms with van der Waals surface area (Å²) in [4.78, 5) is 12.2.